The molecule has 27 heavy (non-hydrogen) atoms. The molecular formula is C23H29NO3. The summed E-state index contributed by atoms with van der Waals surface area (Å²) in [5, 5.41) is 0. The van der Waals surface area contributed by atoms with Gasteiger partial charge in [-0.2, -0.15) is 0 Å². The molecule has 4 bridgehead atoms. The highest BCUT2D eigenvalue weighted by Crippen LogP contribution is 2.61. The highest BCUT2D eigenvalue weighted by atomic mass is 16.5. The lowest BCUT2D eigenvalue weighted by molar-refractivity contribution is -0.158. The van der Waals surface area contributed by atoms with Crippen LogP contribution in [-0.4, -0.2) is 29.9 Å². The van der Waals surface area contributed by atoms with E-state index in [1.54, 1.807) is 0 Å². The number of nitrogens with zero attached hydrogens (tertiary/aromatic N) is 1. The van der Waals surface area contributed by atoms with Gasteiger partial charge in [-0.25, -0.2) is 0 Å². The third-order valence-electron chi connectivity index (χ3n) is 7.52. The van der Waals surface area contributed by atoms with Gasteiger partial charge < -0.3 is 9.64 Å². The number of hydrogen-bond acceptors (Lipinski definition) is 3. The summed E-state index contributed by atoms with van der Waals surface area (Å²) >= 11 is 0. The van der Waals surface area contributed by atoms with Crippen LogP contribution < -0.4 is 0 Å². The molecule has 0 atom stereocenters. The molecule has 4 saturated carbocycles. The molecule has 0 unspecified atom stereocenters. The maximum absolute atomic E-state index is 12.5. The lowest BCUT2D eigenvalue weighted by Crippen LogP contribution is -2.47. The Hall–Kier alpha value is -1.84. The van der Waals surface area contributed by atoms with Gasteiger partial charge in [0.2, 0.25) is 0 Å². The predicted octanol–water partition coefficient (Wildman–Crippen LogP) is 3.72. The van der Waals surface area contributed by atoms with Gasteiger partial charge >= 0.3 is 5.97 Å². The van der Waals surface area contributed by atoms with Gasteiger partial charge in [0.05, 0.1) is 6.42 Å². The second-order valence-corrected chi connectivity index (χ2v) is 9.59. The van der Waals surface area contributed by atoms with Crippen molar-refractivity contribution in [1.29, 1.82) is 0 Å². The summed E-state index contributed by atoms with van der Waals surface area (Å²) in [6, 6.07) is 8.26. The summed E-state index contributed by atoms with van der Waals surface area (Å²) < 4.78 is 5.45. The van der Waals surface area contributed by atoms with Gasteiger partial charge in [-0.15, -0.1) is 0 Å². The van der Waals surface area contributed by atoms with Crippen molar-refractivity contribution in [3.8, 4) is 0 Å². The third kappa shape index (κ3) is 3.39. The number of carbonyl (C=O) groups is 2. The Labute approximate surface area is 161 Å². The van der Waals surface area contributed by atoms with Crippen LogP contribution in [0.15, 0.2) is 24.3 Å². The van der Waals surface area contributed by atoms with E-state index in [-0.39, 0.29) is 23.9 Å². The average molecular weight is 367 g/mol. The van der Waals surface area contributed by atoms with Gasteiger partial charge in [-0.05, 0) is 79.2 Å². The van der Waals surface area contributed by atoms with Gasteiger partial charge in [0.25, 0.3) is 5.91 Å². The van der Waals surface area contributed by atoms with Crippen LogP contribution in [0.1, 0.15) is 56.1 Å². The summed E-state index contributed by atoms with van der Waals surface area (Å²) in [5.74, 6) is 2.27. The Morgan fingerprint density at radius 1 is 1.00 bits per heavy atom. The molecule has 4 aliphatic carbocycles. The summed E-state index contributed by atoms with van der Waals surface area (Å²) in [6.07, 6.45) is 9.13. The molecule has 4 fully saturated rings. The Kier molecular flexibility index (Phi) is 4.25. The number of carbonyl (C=O) groups excluding carboxylic acids is 2. The minimum atomic E-state index is -0.164. The van der Waals surface area contributed by atoms with E-state index in [0.717, 1.165) is 24.2 Å². The molecule has 1 aliphatic heterocycles. The van der Waals surface area contributed by atoms with Crippen LogP contribution >= 0.6 is 0 Å². The minimum Gasteiger partial charge on any atom is -0.456 e. The summed E-state index contributed by atoms with van der Waals surface area (Å²) in [7, 11) is 0. The van der Waals surface area contributed by atoms with Crippen LogP contribution in [0.4, 0.5) is 0 Å². The molecule has 4 heteroatoms. The molecule has 6 rings (SSSR count). The second-order valence-electron chi connectivity index (χ2n) is 9.59. The topological polar surface area (TPSA) is 46.6 Å². The van der Waals surface area contributed by atoms with Crippen LogP contribution in [-0.2, 0) is 27.3 Å². The van der Waals surface area contributed by atoms with Crippen molar-refractivity contribution in [2.45, 2.75) is 57.9 Å². The number of fused-ring (bicyclic) bond motifs is 1. The van der Waals surface area contributed by atoms with E-state index < -0.39 is 0 Å². The zero-order valence-corrected chi connectivity index (χ0v) is 16.0. The molecule has 0 spiro atoms. The standard InChI is InChI=1S/C23H29NO3/c25-21(24-6-5-19-3-1-2-4-20(19)14-24)15-27-22(26)13-23-10-16-7-17(11-23)9-18(8-16)12-23/h1-4,16-18H,5-15H2. The molecule has 0 radical (unpaired) electrons. The number of benzene rings is 1. The van der Waals surface area contributed by atoms with Gasteiger partial charge in [0.1, 0.15) is 0 Å². The van der Waals surface area contributed by atoms with Crippen LogP contribution in [0.2, 0.25) is 0 Å². The van der Waals surface area contributed by atoms with Crippen molar-refractivity contribution >= 4 is 11.9 Å². The molecule has 1 amide bonds. The first-order valence-electron chi connectivity index (χ1n) is 10.6. The Bertz CT molecular complexity index is 720. The monoisotopic (exact) mass is 367 g/mol. The zero-order chi connectivity index (χ0) is 18.4. The molecular weight excluding hydrogens is 338 g/mol. The van der Waals surface area contributed by atoms with Crippen LogP contribution in [0.5, 0.6) is 0 Å². The molecule has 0 aromatic heterocycles. The van der Waals surface area contributed by atoms with E-state index in [0.29, 0.717) is 19.5 Å². The highest BCUT2D eigenvalue weighted by Gasteiger charge is 2.51. The first-order chi connectivity index (χ1) is 13.1. The zero-order valence-electron chi connectivity index (χ0n) is 16.0. The number of ether oxygens (including phenoxy) is 1. The number of esters is 1. The Morgan fingerprint density at radius 3 is 2.30 bits per heavy atom. The second kappa shape index (κ2) is 6.65. The highest BCUT2D eigenvalue weighted by molar-refractivity contribution is 5.81. The third-order valence-corrected chi connectivity index (χ3v) is 7.52. The van der Waals surface area contributed by atoms with E-state index in [4.69, 9.17) is 4.74 Å². The fourth-order valence-electron chi connectivity index (χ4n) is 6.81. The molecule has 1 aromatic rings. The molecule has 0 saturated heterocycles. The van der Waals surface area contributed by atoms with E-state index in [9.17, 15) is 9.59 Å². The summed E-state index contributed by atoms with van der Waals surface area (Å²) in [4.78, 5) is 26.9. The molecule has 4 nitrogen and oxygen atoms in total. The van der Waals surface area contributed by atoms with E-state index in [1.165, 1.54) is 49.7 Å². The smallest absolute Gasteiger partial charge is 0.306 e. The molecule has 1 heterocycles. The van der Waals surface area contributed by atoms with E-state index >= 15 is 0 Å². The lowest BCUT2D eigenvalue weighted by Gasteiger charge is -2.56. The fourth-order valence-corrected chi connectivity index (χ4v) is 6.81. The van der Waals surface area contributed by atoms with Crippen molar-refractivity contribution in [3.05, 3.63) is 35.4 Å². The van der Waals surface area contributed by atoms with Crippen molar-refractivity contribution in [2.24, 2.45) is 23.2 Å². The van der Waals surface area contributed by atoms with Crippen molar-refractivity contribution < 1.29 is 14.3 Å². The van der Waals surface area contributed by atoms with Crippen LogP contribution in [0, 0.1) is 23.2 Å². The Morgan fingerprint density at radius 2 is 1.63 bits per heavy atom. The predicted molar refractivity (Wildman–Crippen MR) is 102 cm³/mol. The van der Waals surface area contributed by atoms with E-state index in [1.807, 2.05) is 17.0 Å². The quantitative estimate of drug-likeness (QED) is 0.762. The maximum atomic E-state index is 12.5. The molecule has 1 aromatic carbocycles. The first-order valence-corrected chi connectivity index (χ1v) is 10.6. The summed E-state index contributed by atoms with van der Waals surface area (Å²) in [5.41, 5.74) is 2.70. The number of hydrogen-bond donors (Lipinski definition) is 0. The average Bonchev–Trinajstić information content (AvgIpc) is 2.64. The summed E-state index contributed by atoms with van der Waals surface area (Å²) in [6.45, 7) is 1.23. The molecule has 5 aliphatic rings. The Balaban J connectivity index is 1.14. The lowest BCUT2D eigenvalue weighted by atomic mass is 9.49. The first kappa shape index (κ1) is 17.3. The SMILES string of the molecule is O=C(CC12CC3CC(CC(C3)C1)C2)OCC(=O)N1CCc2ccccc2C1. The number of rotatable bonds is 4. The van der Waals surface area contributed by atoms with Crippen LogP contribution in [0.3, 0.4) is 0 Å². The fraction of sp³-hybridized carbons (Fsp3) is 0.652. The van der Waals surface area contributed by atoms with Crippen molar-refractivity contribution in [1.82, 2.24) is 4.90 Å². The maximum Gasteiger partial charge on any atom is 0.306 e. The van der Waals surface area contributed by atoms with Gasteiger partial charge in [0, 0.05) is 13.1 Å². The largest absolute Gasteiger partial charge is 0.456 e. The minimum absolute atomic E-state index is 0.0663. The van der Waals surface area contributed by atoms with E-state index in [2.05, 4.69) is 12.1 Å². The van der Waals surface area contributed by atoms with Crippen molar-refractivity contribution in [2.75, 3.05) is 13.2 Å². The van der Waals surface area contributed by atoms with Gasteiger partial charge in [-0.3, -0.25) is 9.59 Å². The molecule has 0 N–H and O–H groups in total. The number of amides is 1. The van der Waals surface area contributed by atoms with Crippen molar-refractivity contribution in [3.63, 3.8) is 0 Å². The normalized spacial score (nSPS) is 33.6. The molecule has 144 valence electrons. The van der Waals surface area contributed by atoms with Gasteiger partial charge in [0.15, 0.2) is 6.61 Å². The van der Waals surface area contributed by atoms with Crippen LogP contribution in [0.25, 0.3) is 0 Å². The van der Waals surface area contributed by atoms with Gasteiger partial charge in [-0.1, -0.05) is 24.3 Å².